The molecule has 0 unspecified atom stereocenters. The van der Waals surface area contributed by atoms with E-state index in [0.29, 0.717) is 35.9 Å². The third-order valence-electron chi connectivity index (χ3n) is 9.76. The Bertz CT molecular complexity index is 2070. The number of nitrogens with one attached hydrogen (secondary N) is 4. The smallest absolute Gasteiger partial charge is 0.407 e. The number of likely N-dealkylation sites (tertiary alicyclic amines) is 2. The monoisotopic (exact) mass is 704 g/mol. The SMILES string of the molecule is COC(=O)N[C@@H](C(=O)N1CCC[C@H]1c1ncc(-c2ccc3nc([C@@H]4CCCN4C(=O)[C@H](NC(=O)OC)c4ccccc4)[nH]c3c2)[nH]1)c1ccccc1. The van der Waals surface area contributed by atoms with E-state index in [1.54, 1.807) is 40.3 Å². The molecule has 5 aromatic rings. The number of amides is 4. The van der Waals surface area contributed by atoms with Crippen molar-refractivity contribution < 1.29 is 28.7 Å². The fourth-order valence-corrected chi connectivity index (χ4v) is 7.19. The molecule has 4 amide bonds. The Morgan fingerprint density at radius 1 is 0.731 bits per heavy atom. The number of fused-ring (bicyclic) bond motifs is 1. The maximum absolute atomic E-state index is 13.9. The molecule has 0 bridgehead atoms. The number of H-pyrrole nitrogens is 2. The summed E-state index contributed by atoms with van der Waals surface area (Å²) in [6.07, 6.45) is 3.41. The number of benzene rings is 3. The van der Waals surface area contributed by atoms with Crippen LogP contribution in [0.5, 0.6) is 0 Å². The maximum Gasteiger partial charge on any atom is 0.407 e. The van der Waals surface area contributed by atoms with Gasteiger partial charge in [0, 0.05) is 18.7 Å². The molecule has 2 aliphatic heterocycles. The Morgan fingerprint density at radius 3 is 1.81 bits per heavy atom. The number of rotatable bonds is 9. The van der Waals surface area contributed by atoms with Crippen molar-refractivity contribution in [3.8, 4) is 11.3 Å². The van der Waals surface area contributed by atoms with Crippen LogP contribution in [0, 0.1) is 0 Å². The molecule has 14 nitrogen and oxygen atoms in total. The van der Waals surface area contributed by atoms with Gasteiger partial charge < -0.3 is 39.9 Å². The lowest BCUT2D eigenvalue weighted by Gasteiger charge is -2.28. The van der Waals surface area contributed by atoms with Crippen LogP contribution in [0.3, 0.4) is 0 Å². The summed E-state index contributed by atoms with van der Waals surface area (Å²) in [7, 11) is 2.54. The van der Waals surface area contributed by atoms with Gasteiger partial charge in [0.05, 0.1) is 49.2 Å². The lowest BCUT2D eigenvalue weighted by molar-refractivity contribution is -0.135. The average Bonchev–Trinajstić information content (AvgIpc) is 4.02. The number of methoxy groups -OCH3 is 2. The van der Waals surface area contributed by atoms with Crippen molar-refractivity contribution in [1.82, 2.24) is 40.4 Å². The molecule has 0 radical (unpaired) electrons. The number of alkyl carbamates (subject to hydrolysis) is 2. The third kappa shape index (κ3) is 6.91. The summed E-state index contributed by atoms with van der Waals surface area (Å²) in [5.41, 5.74) is 4.52. The van der Waals surface area contributed by atoms with E-state index < -0.39 is 24.3 Å². The fourth-order valence-electron chi connectivity index (χ4n) is 7.19. The Morgan fingerprint density at radius 2 is 1.27 bits per heavy atom. The van der Waals surface area contributed by atoms with Crippen LogP contribution in [0.15, 0.2) is 85.1 Å². The fraction of sp³-hybridized carbons (Fsp3) is 0.316. The number of carbonyl (C=O) groups is 4. The van der Waals surface area contributed by atoms with Gasteiger partial charge in [-0.15, -0.1) is 0 Å². The third-order valence-corrected chi connectivity index (χ3v) is 9.76. The highest BCUT2D eigenvalue weighted by Crippen LogP contribution is 2.36. The van der Waals surface area contributed by atoms with Crippen LogP contribution in [-0.2, 0) is 19.1 Å². The van der Waals surface area contributed by atoms with Crippen LogP contribution >= 0.6 is 0 Å². The zero-order chi connectivity index (χ0) is 36.2. The molecule has 0 saturated carbocycles. The summed E-state index contributed by atoms with van der Waals surface area (Å²) >= 11 is 0. The molecule has 14 heteroatoms. The van der Waals surface area contributed by atoms with E-state index in [9.17, 15) is 19.2 Å². The number of aromatic amines is 2. The Kier molecular flexibility index (Phi) is 9.87. The van der Waals surface area contributed by atoms with Crippen molar-refractivity contribution in [3.05, 3.63) is 108 Å². The second-order valence-electron chi connectivity index (χ2n) is 12.9. The largest absolute Gasteiger partial charge is 0.453 e. The van der Waals surface area contributed by atoms with Gasteiger partial charge in [-0.1, -0.05) is 66.7 Å². The Hall–Kier alpha value is -6.18. The molecule has 0 spiro atoms. The highest BCUT2D eigenvalue weighted by Gasteiger charge is 2.38. The van der Waals surface area contributed by atoms with Gasteiger partial charge in [0.25, 0.3) is 11.8 Å². The minimum Gasteiger partial charge on any atom is -0.453 e. The van der Waals surface area contributed by atoms with Gasteiger partial charge in [-0.25, -0.2) is 19.6 Å². The van der Waals surface area contributed by atoms with Gasteiger partial charge in [0.2, 0.25) is 0 Å². The van der Waals surface area contributed by atoms with Gasteiger partial charge in [0.1, 0.15) is 23.7 Å². The quantitative estimate of drug-likeness (QED) is 0.156. The lowest BCUT2D eigenvalue weighted by atomic mass is 10.1. The van der Waals surface area contributed by atoms with Crippen LogP contribution in [0.2, 0.25) is 0 Å². The average molecular weight is 705 g/mol. The predicted molar refractivity (Wildman–Crippen MR) is 190 cm³/mol. The minimum atomic E-state index is -0.903. The first kappa shape index (κ1) is 34.3. The molecule has 4 heterocycles. The number of ether oxygens (including phenoxy) is 2. The van der Waals surface area contributed by atoms with Crippen molar-refractivity contribution in [1.29, 1.82) is 0 Å². The van der Waals surface area contributed by atoms with Crippen molar-refractivity contribution in [2.45, 2.75) is 49.9 Å². The molecule has 2 saturated heterocycles. The van der Waals surface area contributed by atoms with Gasteiger partial charge in [0.15, 0.2) is 0 Å². The van der Waals surface area contributed by atoms with Crippen LogP contribution in [-0.4, -0.2) is 81.0 Å². The normalized spacial score (nSPS) is 18.2. The Balaban J connectivity index is 1.10. The van der Waals surface area contributed by atoms with Crippen LogP contribution in [0.25, 0.3) is 22.3 Å². The molecule has 7 rings (SSSR count). The summed E-state index contributed by atoms with van der Waals surface area (Å²) < 4.78 is 9.64. The van der Waals surface area contributed by atoms with E-state index in [-0.39, 0.29) is 23.9 Å². The molecule has 4 atom stereocenters. The van der Waals surface area contributed by atoms with Crippen molar-refractivity contribution in [3.63, 3.8) is 0 Å². The van der Waals surface area contributed by atoms with E-state index in [0.717, 1.165) is 48.0 Å². The van der Waals surface area contributed by atoms with Gasteiger partial charge in [-0.3, -0.25) is 9.59 Å². The standard InChI is InChI=1S/C38H40N8O6/c1-51-37(49)43-31(23-11-5-3-6-12-23)35(47)45-19-9-15-29(45)33-39-22-28(42-33)25-17-18-26-27(21-25)41-34(40-26)30-16-10-20-46(30)36(48)32(44-38(50)52-2)24-13-7-4-8-14-24/h3-8,11-14,17-18,21-22,29-32H,9-10,15-16,19-20H2,1-2H3,(H,39,42)(H,40,41)(H,43,49)(H,44,50)/t29-,30-,31+,32+/m0/s1. The number of hydrogen-bond acceptors (Lipinski definition) is 8. The molecule has 52 heavy (non-hydrogen) atoms. The number of hydrogen-bond donors (Lipinski definition) is 4. The zero-order valence-electron chi connectivity index (χ0n) is 28.9. The number of imidazole rings is 2. The van der Waals surface area contributed by atoms with E-state index in [1.807, 2.05) is 54.6 Å². The molecule has 0 aliphatic carbocycles. The van der Waals surface area contributed by atoms with Gasteiger partial charge in [-0.05, 0) is 48.9 Å². The van der Waals surface area contributed by atoms with Crippen LogP contribution in [0.1, 0.15) is 72.6 Å². The zero-order valence-corrected chi connectivity index (χ0v) is 28.9. The molecular weight excluding hydrogens is 664 g/mol. The minimum absolute atomic E-state index is 0.235. The lowest BCUT2D eigenvalue weighted by Crippen LogP contribution is -2.42. The van der Waals surface area contributed by atoms with Gasteiger partial charge in [-0.2, -0.15) is 0 Å². The first-order chi connectivity index (χ1) is 25.3. The molecule has 4 N–H and O–H groups in total. The molecule has 268 valence electrons. The number of nitrogens with zero attached hydrogens (tertiary/aromatic N) is 4. The van der Waals surface area contributed by atoms with Crippen LogP contribution < -0.4 is 10.6 Å². The molecular formula is C38H40N8O6. The summed E-state index contributed by atoms with van der Waals surface area (Å²) in [5.74, 6) is 0.853. The summed E-state index contributed by atoms with van der Waals surface area (Å²) in [4.78, 5) is 72.2. The first-order valence-electron chi connectivity index (χ1n) is 17.3. The topological polar surface area (TPSA) is 175 Å². The maximum atomic E-state index is 13.9. The molecule has 2 aliphatic rings. The van der Waals surface area contributed by atoms with Crippen molar-refractivity contribution >= 4 is 35.0 Å². The highest BCUT2D eigenvalue weighted by molar-refractivity contribution is 5.88. The second kappa shape index (κ2) is 15.0. The molecule has 2 aromatic heterocycles. The molecule has 3 aromatic carbocycles. The van der Waals surface area contributed by atoms with E-state index >= 15 is 0 Å². The Labute approximate surface area is 299 Å². The highest BCUT2D eigenvalue weighted by atomic mass is 16.5. The van der Waals surface area contributed by atoms with Crippen LogP contribution in [0.4, 0.5) is 9.59 Å². The summed E-state index contributed by atoms with van der Waals surface area (Å²) in [5, 5.41) is 5.40. The van der Waals surface area contributed by atoms with Crippen molar-refractivity contribution in [2.24, 2.45) is 0 Å². The van der Waals surface area contributed by atoms with E-state index in [2.05, 4.69) is 20.6 Å². The number of carbonyl (C=O) groups excluding carboxylic acids is 4. The predicted octanol–water partition coefficient (Wildman–Crippen LogP) is 5.47. The van der Waals surface area contributed by atoms with E-state index in [1.165, 1.54) is 14.2 Å². The van der Waals surface area contributed by atoms with Gasteiger partial charge >= 0.3 is 12.2 Å². The first-order valence-corrected chi connectivity index (χ1v) is 17.3. The molecule has 2 fully saturated rings. The number of aromatic nitrogens is 4. The second-order valence-corrected chi connectivity index (χ2v) is 12.9. The van der Waals surface area contributed by atoms with E-state index in [4.69, 9.17) is 19.4 Å². The summed E-state index contributed by atoms with van der Waals surface area (Å²) in [6.45, 7) is 1.06. The van der Waals surface area contributed by atoms with Crippen molar-refractivity contribution in [2.75, 3.05) is 27.3 Å². The summed E-state index contributed by atoms with van der Waals surface area (Å²) in [6, 6.07) is 21.7.